The van der Waals surface area contributed by atoms with E-state index >= 15 is 0 Å². The molecule has 0 spiro atoms. The van der Waals surface area contributed by atoms with Crippen molar-refractivity contribution >= 4 is 0 Å². The van der Waals surface area contributed by atoms with Crippen molar-refractivity contribution in [3.8, 4) is 0 Å². The molecule has 1 unspecified atom stereocenters. The van der Waals surface area contributed by atoms with Crippen molar-refractivity contribution in [2.45, 2.75) is 19.0 Å². The number of alkyl halides is 3. The van der Waals surface area contributed by atoms with Crippen molar-refractivity contribution in [2.24, 2.45) is 5.92 Å². The van der Waals surface area contributed by atoms with Gasteiger partial charge in [-0.3, -0.25) is 0 Å². The van der Waals surface area contributed by atoms with Crippen LogP contribution >= 0.6 is 0 Å². The van der Waals surface area contributed by atoms with Crippen LogP contribution in [0.15, 0.2) is 30.3 Å². The van der Waals surface area contributed by atoms with Crippen LogP contribution in [0.25, 0.3) is 0 Å². The van der Waals surface area contributed by atoms with Gasteiger partial charge in [-0.1, -0.05) is 37.3 Å². The quantitative estimate of drug-likeness (QED) is 0.826. The molecule has 0 saturated carbocycles. The Bertz CT molecular complexity index is 294. The Hall–Kier alpha value is -1.03. The second kappa shape index (κ2) is 4.66. The summed E-state index contributed by atoms with van der Waals surface area (Å²) in [7, 11) is 0. The van der Waals surface area contributed by atoms with Gasteiger partial charge in [0.15, 0.2) is 0 Å². The molecule has 0 amide bonds. The molecule has 0 bridgehead atoms. The van der Waals surface area contributed by atoms with Gasteiger partial charge in [-0.15, -0.1) is 0 Å². The van der Waals surface area contributed by atoms with E-state index < -0.39 is 24.6 Å². The Balaban J connectivity index is 3.02. The van der Waals surface area contributed by atoms with Gasteiger partial charge in [0.25, 0.3) is 0 Å². The van der Waals surface area contributed by atoms with E-state index in [-0.39, 0.29) is 5.56 Å². The summed E-state index contributed by atoms with van der Waals surface area (Å²) in [6.07, 6.45) is -4.32. The lowest BCUT2D eigenvalue weighted by Crippen LogP contribution is -2.28. The molecule has 0 aliphatic carbocycles. The molecule has 1 aromatic rings. The Morgan fingerprint density at radius 1 is 1.20 bits per heavy atom. The predicted octanol–water partition coefficient (Wildman–Crippen LogP) is 2.96. The first-order chi connectivity index (χ1) is 6.96. The number of halogens is 3. The minimum atomic E-state index is -4.32. The topological polar surface area (TPSA) is 20.2 Å². The summed E-state index contributed by atoms with van der Waals surface area (Å²) in [4.78, 5) is 0. The first kappa shape index (κ1) is 12.0. The second-order valence-electron chi connectivity index (χ2n) is 3.59. The van der Waals surface area contributed by atoms with Gasteiger partial charge in [-0.2, -0.15) is 13.2 Å². The van der Waals surface area contributed by atoms with E-state index in [9.17, 15) is 13.2 Å². The third-order valence-corrected chi connectivity index (χ3v) is 2.37. The third-order valence-electron chi connectivity index (χ3n) is 2.37. The summed E-state index contributed by atoms with van der Waals surface area (Å²) in [5.74, 6) is -2.42. The Morgan fingerprint density at radius 3 is 2.13 bits per heavy atom. The lowest BCUT2D eigenvalue weighted by molar-refractivity contribution is -0.163. The van der Waals surface area contributed by atoms with E-state index in [1.807, 2.05) is 0 Å². The van der Waals surface area contributed by atoms with Crippen molar-refractivity contribution in [1.29, 1.82) is 0 Å². The number of hydrogen-bond acceptors (Lipinski definition) is 1. The summed E-state index contributed by atoms with van der Waals surface area (Å²) >= 11 is 0. The molecule has 1 nitrogen and oxygen atoms in total. The van der Waals surface area contributed by atoms with Crippen molar-refractivity contribution < 1.29 is 18.3 Å². The van der Waals surface area contributed by atoms with E-state index in [1.54, 1.807) is 18.2 Å². The number of aliphatic hydroxyl groups excluding tert-OH is 1. The van der Waals surface area contributed by atoms with Crippen LogP contribution < -0.4 is 0 Å². The molecular formula is C11H13F3O. The average Bonchev–Trinajstić information content (AvgIpc) is 2.17. The second-order valence-corrected chi connectivity index (χ2v) is 3.59. The fourth-order valence-electron chi connectivity index (χ4n) is 1.61. The molecule has 0 aromatic heterocycles. The molecule has 0 aliphatic heterocycles. The van der Waals surface area contributed by atoms with E-state index in [2.05, 4.69) is 0 Å². The van der Waals surface area contributed by atoms with E-state index in [0.29, 0.717) is 0 Å². The fourth-order valence-corrected chi connectivity index (χ4v) is 1.61. The maximum absolute atomic E-state index is 12.7. The van der Waals surface area contributed by atoms with Crippen molar-refractivity contribution in [1.82, 2.24) is 0 Å². The minimum Gasteiger partial charge on any atom is -0.396 e. The largest absolute Gasteiger partial charge is 0.396 e. The predicted molar refractivity (Wildman–Crippen MR) is 51.5 cm³/mol. The molecule has 1 N–H and O–H groups in total. The zero-order chi connectivity index (χ0) is 11.5. The van der Waals surface area contributed by atoms with Crippen molar-refractivity contribution in [3.05, 3.63) is 35.9 Å². The lowest BCUT2D eigenvalue weighted by Gasteiger charge is -2.25. The van der Waals surface area contributed by atoms with Gasteiger partial charge in [0.2, 0.25) is 0 Å². The van der Waals surface area contributed by atoms with Crippen LogP contribution in [-0.4, -0.2) is 17.9 Å². The molecule has 0 radical (unpaired) electrons. The standard InChI is InChI=1S/C11H13F3O/c1-8(7-15)10(11(12,13)14)9-5-3-2-4-6-9/h2-6,8,10,15H,7H2,1H3/t8-,10?/m0/s1. The van der Waals surface area contributed by atoms with Crippen LogP contribution in [0.5, 0.6) is 0 Å². The maximum Gasteiger partial charge on any atom is 0.396 e. The molecule has 84 valence electrons. The highest BCUT2D eigenvalue weighted by molar-refractivity contribution is 5.21. The van der Waals surface area contributed by atoms with Crippen molar-refractivity contribution in [3.63, 3.8) is 0 Å². The van der Waals surface area contributed by atoms with Crippen molar-refractivity contribution in [2.75, 3.05) is 6.61 Å². The van der Waals surface area contributed by atoms with Crippen LogP contribution in [0.3, 0.4) is 0 Å². The van der Waals surface area contributed by atoms with E-state index in [0.717, 1.165) is 0 Å². The highest BCUT2D eigenvalue weighted by Crippen LogP contribution is 2.39. The molecule has 0 aliphatic rings. The summed E-state index contributed by atoms with van der Waals surface area (Å²) < 4.78 is 38.2. The number of benzene rings is 1. The van der Waals surface area contributed by atoms with Gasteiger partial charge >= 0.3 is 6.18 Å². The molecule has 2 atom stereocenters. The van der Waals surface area contributed by atoms with Gasteiger partial charge in [-0.25, -0.2) is 0 Å². The number of rotatable bonds is 3. The smallest absolute Gasteiger partial charge is 0.396 e. The van der Waals surface area contributed by atoms with Crippen LogP contribution in [-0.2, 0) is 0 Å². The Kier molecular flexibility index (Phi) is 3.74. The Morgan fingerprint density at radius 2 is 1.73 bits per heavy atom. The van der Waals surface area contributed by atoms with Gasteiger partial charge in [-0.05, 0) is 11.5 Å². The molecule has 1 aromatic carbocycles. The zero-order valence-electron chi connectivity index (χ0n) is 8.33. The van der Waals surface area contributed by atoms with Gasteiger partial charge in [0.05, 0.1) is 5.92 Å². The maximum atomic E-state index is 12.7. The molecule has 0 saturated heterocycles. The number of aliphatic hydroxyl groups is 1. The van der Waals surface area contributed by atoms with Crippen LogP contribution in [0, 0.1) is 5.92 Å². The summed E-state index contributed by atoms with van der Waals surface area (Å²) in [5.41, 5.74) is 0.201. The van der Waals surface area contributed by atoms with Gasteiger partial charge in [0, 0.05) is 6.61 Å². The minimum absolute atomic E-state index is 0.201. The molecule has 0 heterocycles. The molecule has 15 heavy (non-hydrogen) atoms. The molecule has 0 fully saturated rings. The highest BCUT2D eigenvalue weighted by atomic mass is 19.4. The highest BCUT2D eigenvalue weighted by Gasteiger charge is 2.43. The molecule has 1 rings (SSSR count). The lowest BCUT2D eigenvalue weighted by atomic mass is 9.87. The fraction of sp³-hybridized carbons (Fsp3) is 0.455. The molecular weight excluding hydrogens is 205 g/mol. The van der Waals surface area contributed by atoms with Gasteiger partial charge < -0.3 is 5.11 Å². The van der Waals surface area contributed by atoms with E-state index in [4.69, 9.17) is 5.11 Å². The summed E-state index contributed by atoms with van der Waals surface area (Å²) in [5, 5.41) is 8.83. The van der Waals surface area contributed by atoms with Crippen LogP contribution in [0.1, 0.15) is 18.4 Å². The van der Waals surface area contributed by atoms with Gasteiger partial charge in [0.1, 0.15) is 0 Å². The monoisotopic (exact) mass is 218 g/mol. The summed E-state index contributed by atoms with van der Waals surface area (Å²) in [6.45, 7) is 0.921. The SMILES string of the molecule is C[C@@H](CO)C(c1ccccc1)C(F)(F)F. The van der Waals surface area contributed by atoms with E-state index in [1.165, 1.54) is 19.1 Å². The molecule has 4 heteroatoms. The Labute approximate surface area is 86.5 Å². The summed E-state index contributed by atoms with van der Waals surface area (Å²) in [6, 6.07) is 7.67. The zero-order valence-corrected chi connectivity index (χ0v) is 8.33. The normalized spacial score (nSPS) is 16.1. The average molecular weight is 218 g/mol. The van der Waals surface area contributed by atoms with Crippen LogP contribution in [0.4, 0.5) is 13.2 Å². The first-order valence-corrected chi connectivity index (χ1v) is 4.69. The third kappa shape index (κ3) is 2.96. The first-order valence-electron chi connectivity index (χ1n) is 4.69. The van der Waals surface area contributed by atoms with Crippen LogP contribution in [0.2, 0.25) is 0 Å². The number of hydrogen-bond donors (Lipinski definition) is 1.